The molecule has 8 nitrogen and oxygen atoms in total. The first-order valence-corrected chi connectivity index (χ1v) is 7.80. The number of esters is 1. The molecule has 8 heteroatoms. The molecule has 2 amide bonds. The molecule has 0 N–H and O–H groups in total. The molecule has 1 aromatic carbocycles. The molecule has 0 aliphatic heterocycles. The van der Waals surface area contributed by atoms with Gasteiger partial charge in [0.1, 0.15) is 18.1 Å². The molecule has 0 fully saturated rings. The number of carbonyl (C=O) groups is 3. The van der Waals surface area contributed by atoms with Gasteiger partial charge in [-0.15, -0.1) is 0 Å². The molecule has 0 aliphatic carbocycles. The van der Waals surface area contributed by atoms with Crippen LogP contribution in [0.2, 0.25) is 0 Å². The number of carbonyl (C=O) groups excluding carboxylic acids is 3. The number of methoxy groups -OCH3 is 2. The molecule has 0 saturated heterocycles. The summed E-state index contributed by atoms with van der Waals surface area (Å²) in [5.74, 6) is -1.02. The Morgan fingerprint density at radius 2 is 1.64 bits per heavy atom. The third kappa shape index (κ3) is 6.33. The Kier molecular flexibility index (Phi) is 8.25. The second-order valence-corrected chi connectivity index (χ2v) is 5.07. The van der Waals surface area contributed by atoms with E-state index in [9.17, 15) is 14.4 Å². The highest BCUT2D eigenvalue weighted by Gasteiger charge is 2.28. The minimum absolute atomic E-state index is 0.0105. The van der Waals surface area contributed by atoms with Crippen molar-refractivity contribution >= 4 is 18.0 Å². The lowest BCUT2D eigenvalue weighted by Gasteiger charge is -2.18. The zero-order chi connectivity index (χ0) is 18.8. The maximum absolute atomic E-state index is 11.8. The number of amides is 2. The van der Waals surface area contributed by atoms with Gasteiger partial charge in [0.15, 0.2) is 0 Å². The van der Waals surface area contributed by atoms with Crippen molar-refractivity contribution in [2.45, 2.75) is 26.4 Å². The second-order valence-electron chi connectivity index (χ2n) is 5.07. The number of rotatable bonds is 7. The highest BCUT2D eigenvalue weighted by atomic mass is 16.6. The van der Waals surface area contributed by atoms with Gasteiger partial charge in [0.05, 0.1) is 26.9 Å². The van der Waals surface area contributed by atoms with Crippen molar-refractivity contribution in [3.63, 3.8) is 0 Å². The molecule has 1 atom stereocenters. The summed E-state index contributed by atoms with van der Waals surface area (Å²) in [6.45, 7) is 3.84. The Labute approximate surface area is 146 Å². The maximum Gasteiger partial charge on any atom is 0.416 e. The third-order valence-electron chi connectivity index (χ3n) is 3.32. The van der Waals surface area contributed by atoms with Gasteiger partial charge in [0, 0.05) is 0 Å². The number of hydrogen-bond acceptors (Lipinski definition) is 7. The minimum Gasteiger partial charge on any atom is -0.492 e. The lowest BCUT2D eigenvalue weighted by Crippen LogP contribution is -2.43. The second kappa shape index (κ2) is 10.2. The number of imide groups is 1. The molecule has 0 bridgehead atoms. The molecule has 1 rings (SSSR count). The van der Waals surface area contributed by atoms with Crippen LogP contribution in [0.3, 0.4) is 0 Å². The molecular weight excluding hydrogens is 330 g/mol. The first kappa shape index (κ1) is 20.3. The van der Waals surface area contributed by atoms with Gasteiger partial charge in [-0.3, -0.25) is 4.79 Å². The number of hydrogen-bond donors (Lipinski definition) is 0. The Bertz CT molecular complexity index is 585. The SMILES string of the molecule is CCC(C)Oc1ccc(OCCN(C(=O)OC)C(=O)C(=O)OC)cc1. The van der Waals surface area contributed by atoms with Crippen LogP contribution >= 0.6 is 0 Å². The molecule has 0 saturated carbocycles. The van der Waals surface area contributed by atoms with Gasteiger partial charge in [0.2, 0.25) is 0 Å². The van der Waals surface area contributed by atoms with E-state index in [2.05, 4.69) is 9.47 Å². The van der Waals surface area contributed by atoms with Crippen LogP contribution in [0.4, 0.5) is 4.79 Å². The van der Waals surface area contributed by atoms with Crippen LogP contribution < -0.4 is 9.47 Å². The first-order valence-electron chi connectivity index (χ1n) is 7.80. The molecular formula is C17H23NO7. The summed E-state index contributed by atoms with van der Waals surface area (Å²) < 4.78 is 19.9. The standard InChI is InChI=1S/C17H23NO7/c1-5-12(2)25-14-8-6-13(7-9-14)24-11-10-18(17(21)23-4)15(19)16(20)22-3/h6-9,12H,5,10-11H2,1-4H3. The Morgan fingerprint density at radius 1 is 1.04 bits per heavy atom. The summed E-state index contributed by atoms with van der Waals surface area (Å²) in [6, 6.07) is 6.95. The summed E-state index contributed by atoms with van der Waals surface area (Å²) in [5, 5.41) is 0. The van der Waals surface area contributed by atoms with Crippen LogP contribution in [0.5, 0.6) is 11.5 Å². The lowest BCUT2D eigenvalue weighted by molar-refractivity contribution is -0.157. The van der Waals surface area contributed by atoms with E-state index in [1.54, 1.807) is 24.3 Å². The largest absolute Gasteiger partial charge is 0.492 e. The van der Waals surface area contributed by atoms with Crippen LogP contribution in [-0.4, -0.2) is 56.3 Å². The van der Waals surface area contributed by atoms with Gasteiger partial charge in [-0.1, -0.05) is 6.92 Å². The molecule has 0 heterocycles. The summed E-state index contributed by atoms with van der Waals surface area (Å²) in [4.78, 5) is 35.3. The van der Waals surface area contributed by atoms with Gasteiger partial charge in [-0.2, -0.15) is 0 Å². The lowest BCUT2D eigenvalue weighted by atomic mass is 10.3. The summed E-state index contributed by atoms with van der Waals surface area (Å²) in [6.07, 6.45) is 0.0524. The molecule has 0 spiro atoms. The average Bonchev–Trinajstić information content (AvgIpc) is 2.64. The van der Waals surface area contributed by atoms with Gasteiger partial charge in [-0.25, -0.2) is 14.5 Å². The zero-order valence-corrected chi connectivity index (χ0v) is 14.8. The fourth-order valence-electron chi connectivity index (χ4n) is 1.77. The van der Waals surface area contributed by atoms with Crippen LogP contribution in [0.15, 0.2) is 24.3 Å². The highest BCUT2D eigenvalue weighted by Crippen LogP contribution is 2.19. The number of benzene rings is 1. The maximum atomic E-state index is 11.8. The van der Waals surface area contributed by atoms with E-state index in [1.807, 2.05) is 13.8 Å². The molecule has 0 radical (unpaired) electrons. The minimum atomic E-state index is -1.16. The van der Waals surface area contributed by atoms with Crippen molar-refractivity contribution in [2.75, 3.05) is 27.4 Å². The Balaban J connectivity index is 2.59. The molecule has 1 unspecified atom stereocenters. The van der Waals surface area contributed by atoms with E-state index in [4.69, 9.17) is 9.47 Å². The van der Waals surface area contributed by atoms with Crippen molar-refractivity contribution in [3.05, 3.63) is 24.3 Å². The predicted molar refractivity (Wildman–Crippen MR) is 88.5 cm³/mol. The van der Waals surface area contributed by atoms with E-state index in [0.29, 0.717) is 10.6 Å². The summed E-state index contributed by atoms with van der Waals surface area (Å²) in [7, 11) is 2.16. The Hall–Kier alpha value is -2.77. The quantitative estimate of drug-likeness (QED) is 0.547. The molecule has 0 aliphatic rings. The highest BCUT2D eigenvalue weighted by molar-refractivity contribution is 6.34. The van der Waals surface area contributed by atoms with E-state index in [-0.39, 0.29) is 19.3 Å². The zero-order valence-electron chi connectivity index (χ0n) is 14.8. The van der Waals surface area contributed by atoms with Crippen molar-refractivity contribution in [3.8, 4) is 11.5 Å². The van der Waals surface area contributed by atoms with Crippen molar-refractivity contribution in [2.24, 2.45) is 0 Å². The summed E-state index contributed by atoms with van der Waals surface area (Å²) in [5.41, 5.74) is 0. The molecule has 25 heavy (non-hydrogen) atoms. The van der Waals surface area contributed by atoms with Crippen molar-refractivity contribution in [1.29, 1.82) is 0 Å². The van der Waals surface area contributed by atoms with Crippen LogP contribution in [0.25, 0.3) is 0 Å². The fraction of sp³-hybridized carbons (Fsp3) is 0.471. The summed E-state index contributed by atoms with van der Waals surface area (Å²) >= 11 is 0. The normalized spacial score (nSPS) is 11.2. The van der Waals surface area contributed by atoms with E-state index in [1.165, 1.54) is 0 Å². The van der Waals surface area contributed by atoms with Crippen LogP contribution in [0, 0.1) is 0 Å². The van der Waals surface area contributed by atoms with Gasteiger partial charge in [-0.05, 0) is 37.6 Å². The number of ether oxygens (including phenoxy) is 4. The monoisotopic (exact) mass is 353 g/mol. The van der Waals surface area contributed by atoms with Gasteiger partial charge >= 0.3 is 18.0 Å². The van der Waals surface area contributed by atoms with Crippen molar-refractivity contribution in [1.82, 2.24) is 4.90 Å². The van der Waals surface area contributed by atoms with Gasteiger partial charge in [0.25, 0.3) is 0 Å². The Morgan fingerprint density at radius 3 is 2.16 bits per heavy atom. The number of nitrogens with zero attached hydrogens (tertiary/aromatic N) is 1. The predicted octanol–water partition coefficient (Wildman–Crippen LogP) is 2.01. The van der Waals surface area contributed by atoms with E-state index >= 15 is 0 Å². The van der Waals surface area contributed by atoms with E-state index in [0.717, 1.165) is 26.4 Å². The fourth-order valence-corrected chi connectivity index (χ4v) is 1.77. The third-order valence-corrected chi connectivity index (χ3v) is 3.32. The van der Waals surface area contributed by atoms with Gasteiger partial charge < -0.3 is 18.9 Å². The van der Waals surface area contributed by atoms with Crippen LogP contribution in [0.1, 0.15) is 20.3 Å². The van der Waals surface area contributed by atoms with Crippen LogP contribution in [-0.2, 0) is 19.1 Å². The average molecular weight is 353 g/mol. The smallest absolute Gasteiger partial charge is 0.416 e. The van der Waals surface area contributed by atoms with E-state index < -0.39 is 18.0 Å². The van der Waals surface area contributed by atoms with Crippen molar-refractivity contribution < 1.29 is 33.3 Å². The topological polar surface area (TPSA) is 91.4 Å². The first-order chi connectivity index (χ1) is 11.9. The molecule has 138 valence electrons. The molecule has 1 aromatic rings. The molecule has 0 aromatic heterocycles.